The van der Waals surface area contributed by atoms with Crippen LogP contribution in [0.2, 0.25) is 5.02 Å². The van der Waals surface area contributed by atoms with Gasteiger partial charge in [-0.2, -0.15) is 0 Å². The van der Waals surface area contributed by atoms with Crippen molar-refractivity contribution in [2.45, 2.75) is 45.7 Å². The van der Waals surface area contributed by atoms with Gasteiger partial charge in [0.15, 0.2) is 6.61 Å². The van der Waals surface area contributed by atoms with Crippen LogP contribution in [0.5, 0.6) is 5.75 Å². The highest BCUT2D eigenvalue weighted by molar-refractivity contribution is 6.30. The van der Waals surface area contributed by atoms with Gasteiger partial charge in [-0.05, 0) is 56.5 Å². The summed E-state index contributed by atoms with van der Waals surface area (Å²) in [4.78, 5) is 27.3. The van der Waals surface area contributed by atoms with Crippen molar-refractivity contribution in [3.8, 4) is 5.75 Å². The second-order valence-electron chi connectivity index (χ2n) is 7.15. The first-order valence-corrected chi connectivity index (χ1v) is 10.3. The third-order valence-electron chi connectivity index (χ3n) is 4.48. The fourth-order valence-electron chi connectivity index (χ4n) is 3.04. The molecule has 0 aliphatic heterocycles. The van der Waals surface area contributed by atoms with Crippen molar-refractivity contribution in [1.29, 1.82) is 0 Å². The van der Waals surface area contributed by atoms with E-state index in [9.17, 15) is 9.59 Å². The molecule has 0 aliphatic carbocycles. The van der Waals surface area contributed by atoms with E-state index < -0.39 is 6.04 Å². The van der Waals surface area contributed by atoms with Crippen LogP contribution in [-0.2, 0) is 16.0 Å². The Labute approximate surface area is 178 Å². The predicted molar refractivity (Wildman–Crippen MR) is 116 cm³/mol. The topological polar surface area (TPSA) is 58.6 Å². The van der Waals surface area contributed by atoms with Crippen molar-refractivity contribution in [1.82, 2.24) is 10.2 Å². The highest BCUT2D eigenvalue weighted by atomic mass is 35.5. The van der Waals surface area contributed by atoms with Crippen LogP contribution < -0.4 is 10.1 Å². The molecule has 2 rings (SSSR count). The van der Waals surface area contributed by atoms with Gasteiger partial charge < -0.3 is 15.0 Å². The molecule has 0 aliphatic rings. The van der Waals surface area contributed by atoms with E-state index in [2.05, 4.69) is 5.32 Å². The van der Waals surface area contributed by atoms with Crippen molar-refractivity contribution in [2.24, 2.45) is 0 Å². The largest absolute Gasteiger partial charge is 0.484 e. The lowest BCUT2D eigenvalue weighted by molar-refractivity contribution is -0.142. The second kappa shape index (κ2) is 11.5. The third-order valence-corrected chi connectivity index (χ3v) is 4.73. The van der Waals surface area contributed by atoms with E-state index in [1.54, 1.807) is 29.2 Å². The molecule has 2 aromatic carbocycles. The highest BCUT2D eigenvalue weighted by Gasteiger charge is 2.28. The fraction of sp³-hybridized carbons (Fsp3) is 0.391. The first kappa shape index (κ1) is 22.8. The number of nitrogens with one attached hydrogen (secondary N) is 1. The first-order valence-electron chi connectivity index (χ1n) is 9.92. The van der Waals surface area contributed by atoms with E-state index in [1.165, 1.54) is 0 Å². The van der Waals surface area contributed by atoms with Gasteiger partial charge in [-0.25, -0.2) is 0 Å². The lowest BCUT2D eigenvalue weighted by atomic mass is 10.1. The van der Waals surface area contributed by atoms with E-state index in [4.69, 9.17) is 16.3 Å². The molecule has 0 heterocycles. The highest BCUT2D eigenvalue weighted by Crippen LogP contribution is 2.16. The normalized spacial score (nSPS) is 11.8. The summed E-state index contributed by atoms with van der Waals surface area (Å²) in [6.45, 7) is 6.03. The predicted octanol–water partition coefficient (Wildman–Crippen LogP) is 4.09. The zero-order valence-electron chi connectivity index (χ0n) is 17.2. The summed E-state index contributed by atoms with van der Waals surface area (Å²) < 4.78 is 5.63. The number of hydrogen-bond acceptors (Lipinski definition) is 3. The van der Waals surface area contributed by atoms with Crippen molar-refractivity contribution in [3.05, 3.63) is 65.2 Å². The van der Waals surface area contributed by atoms with Crippen molar-refractivity contribution in [2.75, 3.05) is 13.2 Å². The Kier molecular flexibility index (Phi) is 9.00. The van der Waals surface area contributed by atoms with E-state index >= 15 is 0 Å². The van der Waals surface area contributed by atoms with Crippen molar-refractivity contribution < 1.29 is 14.3 Å². The van der Waals surface area contributed by atoms with Crippen molar-refractivity contribution in [3.63, 3.8) is 0 Å². The Hall–Kier alpha value is -2.53. The second-order valence-corrected chi connectivity index (χ2v) is 7.59. The molecular formula is C23H29ClN2O3. The van der Waals surface area contributed by atoms with E-state index in [1.807, 2.05) is 51.1 Å². The van der Waals surface area contributed by atoms with Crippen LogP contribution in [0.3, 0.4) is 0 Å². The fourth-order valence-corrected chi connectivity index (χ4v) is 3.16. The Morgan fingerprint density at radius 1 is 1.07 bits per heavy atom. The lowest BCUT2D eigenvalue weighted by Crippen LogP contribution is -2.52. The maximum Gasteiger partial charge on any atom is 0.261 e. The number of amides is 2. The molecule has 6 heteroatoms. The Morgan fingerprint density at radius 3 is 2.31 bits per heavy atom. The number of carbonyl (C=O) groups is 2. The number of hydrogen-bond donors (Lipinski definition) is 1. The molecule has 0 saturated carbocycles. The molecule has 2 amide bonds. The molecule has 0 fully saturated rings. The summed E-state index contributed by atoms with van der Waals surface area (Å²) in [6, 6.07) is 16.2. The zero-order chi connectivity index (χ0) is 21.2. The minimum Gasteiger partial charge on any atom is -0.484 e. The zero-order valence-corrected chi connectivity index (χ0v) is 18.0. The monoisotopic (exact) mass is 416 g/mol. The van der Waals surface area contributed by atoms with Gasteiger partial charge in [0.05, 0.1) is 0 Å². The van der Waals surface area contributed by atoms with E-state index in [0.29, 0.717) is 30.2 Å². The van der Waals surface area contributed by atoms with Gasteiger partial charge in [-0.15, -0.1) is 0 Å². The summed E-state index contributed by atoms with van der Waals surface area (Å²) >= 11 is 5.89. The minimum absolute atomic E-state index is 0.00735. The van der Waals surface area contributed by atoms with Gasteiger partial charge in [-0.1, -0.05) is 48.9 Å². The number of halogens is 1. The maximum atomic E-state index is 13.0. The molecule has 1 N–H and O–H groups in total. The average Bonchev–Trinajstić information content (AvgIpc) is 2.70. The lowest BCUT2D eigenvalue weighted by Gasteiger charge is -2.31. The number of ether oxygens (including phenoxy) is 1. The molecule has 0 aromatic heterocycles. The number of carbonyl (C=O) groups excluding carboxylic acids is 2. The molecule has 5 nitrogen and oxygen atoms in total. The summed E-state index contributed by atoms with van der Waals surface area (Å²) in [7, 11) is 0. The van der Waals surface area contributed by atoms with E-state index in [-0.39, 0.29) is 24.5 Å². The van der Waals surface area contributed by atoms with Gasteiger partial charge in [0.25, 0.3) is 5.91 Å². The van der Waals surface area contributed by atoms with Gasteiger partial charge in [0, 0.05) is 17.6 Å². The Balaban J connectivity index is 2.11. The van der Waals surface area contributed by atoms with Crippen LogP contribution in [0.1, 0.15) is 32.8 Å². The molecule has 0 saturated heterocycles. The summed E-state index contributed by atoms with van der Waals surface area (Å²) in [5, 5.41) is 3.52. The summed E-state index contributed by atoms with van der Waals surface area (Å²) in [5.74, 6) is 0.197. The average molecular weight is 417 g/mol. The van der Waals surface area contributed by atoms with Crippen LogP contribution >= 0.6 is 11.6 Å². The maximum absolute atomic E-state index is 13.0. The molecular weight excluding hydrogens is 388 g/mol. The van der Waals surface area contributed by atoms with Crippen molar-refractivity contribution >= 4 is 23.4 Å². The molecule has 29 heavy (non-hydrogen) atoms. The first-order chi connectivity index (χ1) is 13.9. The third kappa shape index (κ3) is 7.42. The number of benzene rings is 2. The molecule has 156 valence electrons. The summed E-state index contributed by atoms with van der Waals surface area (Å²) in [6.07, 6.45) is 1.19. The molecule has 1 atom stereocenters. The summed E-state index contributed by atoms with van der Waals surface area (Å²) in [5.41, 5.74) is 1.11. The van der Waals surface area contributed by atoms with Crippen LogP contribution in [-0.4, -0.2) is 41.9 Å². The molecule has 0 radical (unpaired) electrons. The van der Waals surface area contributed by atoms with Crippen LogP contribution in [0.15, 0.2) is 54.6 Å². The van der Waals surface area contributed by atoms with Crippen LogP contribution in [0, 0.1) is 0 Å². The smallest absolute Gasteiger partial charge is 0.261 e. The molecule has 2 aromatic rings. The van der Waals surface area contributed by atoms with Gasteiger partial charge in [-0.3, -0.25) is 9.59 Å². The standard InChI is InChI=1S/C23H29ClN2O3/c1-4-21(23(28)25-17(2)3)26(15-14-18-8-6-5-7-9-18)22(27)16-29-20-12-10-19(24)11-13-20/h5-13,17,21H,4,14-16H2,1-3H3,(H,25,28)/t21-/m1/s1. The Bertz CT molecular complexity index is 778. The SMILES string of the molecule is CC[C@H](C(=O)NC(C)C)N(CCc1ccccc1)C(=O)COc1ccc(Cl)cc1. The van der Waals surface area contributed by atoms with Crippen LogP contribution in [0.4, 0.5) is 0 Å². The quantitative estimate of drug-likeness (QED) is 0.634. The number of nitrogens with zero attached hydrogens (tertiary/aromatic N) is 1. The van der Waals surface area contributed by atoms with Gasteiger partial charge in [0.1, 0.15) is 11.8 Å². The molecule has 0 bridgehead atoms. The van der Waals surface area contributed by atoms with Crippen LogP contribution in [0.25, 0.3) is 0 Å². The number of rotatable bonds is 10. The molecule has 0 unspecified atom stereocenters. The van der Waals surface area contributed by atoms with E-state index in [0.717, 1.165) is 5.56 Å². The van der Waals surface area contributed by atoms with Gasteiger partial charge >= 0.3 is 0 Å². The minimum atomic E-state index is -0.539. The molecule has 0 spiro atoms. The van der Waals surface area contributed by atoms with Gasteiger partial charge in [0.2, 0.25) is 5.91 Å². The Morgan fingerprint density at radius 2 is 1.72 bits per heavy atom.